The number of hydrogen-bond donors (Lipinski definition) is 3. The molecule has 1 aliphatic heterocycles. The number of fused-ring (bicyclic) bond motifs is 1. The van der Waals surface area contributed by atoms with Crippen LogP contribution in [0.1, 0.15) is 17.7 Å². The van der Waals surface area contributed by atoms with Crippen LogP contribution in [0, 0.1) is 0 Å². The maximum atomic E-state index is 9.69. The summed E-state index contributed by atoms with van der Waals surface area (Å²) < 4.78 is 5.37. The van der Waals surface area contributed by atoms with E-state index in [1.54, 1.807) is 6.07 Å². The molecule has 24 heavy (non-hydrogen) atoms. The molecule has 122 valence electrons. The molecule has 0 radical (unpaired) electrons. The second-order valence-corrected chi connectivity index (χ2v) is 5.75. The van der Waals surface area contributed by atoms with Gasteiger partial charge in [-0.05, 0) is 24.1 Å². The third-order valence-corrected chi connectivity index (χ3v) is 4.36. The Bertz CT molecular complexity index is 930. The molecule has 1 aliphatic rings. The van der Waals surface area contributed by atoms with Gasteiger partial charge in [-0.3, -0.25) is 0 Å². The lowest BCUT2D eigenvalue weighted by atomic mass is 10.0. The van der Waals surface area contributed by atoms with Crippen molar-refractivity contribution in [3.63, 3.8) is 0 Å². The summed E-state index contributed by atoms with van der Waals surface area (Å²) in [6.07, 6.45) is 4.48. The number of aliphatic hydroxyl groups is 1. The number of hydrogen-bond acceptors (Lipinski definition) is 5. The van der Waals surface area contributed by atoms with E-state index >= 15 is 0 Å². The molecule has 0 saturated heterocycles. The molecule has 2 aromatic heterocycles. The second-order valence-electron chi connectivity index (χ2n) is 5.75. The number of H-pyrrole nitrogens is 1. The van der Waals surface area contributed by atoms with Gasteiger partial charge < -0.3 is 20.6 Å². The number of aliphatic hydroxyl groups excluding tert-OH is 1. The van der Waals surface area contributed by atoms with Crippen LogP contribution >= 0.6 is 0 Å². The van der Waals surface area contributed by atoms with Gasteiger partial charge in [-0.1, -0.05) is 18.2 Å². The van der Waals surface area contributed by atoms with E-state index in [4.69, 9.17) is 10.5 Å². The van der Waals surface area contributed by atoms with Gasteiger partial charge in [0.1, 0.15) is 12.0 Å². The van der Waals surface area contributed by atoms with E-state index in [0.29, 0.717) is 17.9 Å². The lowest BCUT2D eigenvalue weighted by molar-refractivity contribution is 0.161. The van der Waals surface area contributed by atoms with E-state index in [-0.39, 0.29) is 6.61 Å². The van der Waals surface area contributed by atoms with Crippen molar-refractivity contribution in [2.75, 3.05) is 18.9 Å². The van der Waals surface area contributed by atoms with Crippen molar-refractivity contribution in [2.45, 2.75) is 13.0 Å². The van der Waals surface area contributed by atoms with E-state index in [1.165, 1.54) is 11.9 Å². The zero-order valence-electron chi connectivity index (χ0n) is 13.1. The van der Waals surface area contributed by atoms with Crippen LogP contribution < -0.4 is 5.73 Å². The summed E-state index contributed by atoms with van der Waals surface area (Å²) in [6, 6.07) is 7.63. The number of nitrogens with one attached hydrogen (secondary N) is 1. The Kier molecular flexibility index (Phi) is 3.76. The fourth-order valence-corrected chi connectivity index (χ4v) is 3.10. The van der Waals surface area contributed by atoms with E-state index in [1.807, 2.05) is 12.1 Å². The van der Waals surface area contributed by atoms with Crippen LogP contribution in [0.4, 0.5) is 5.69 Å². The minimum absolute atomic E-state index is 0.132. The van der Waals surface area contributed by atoms with Crippen LogP contribution in [-0.2, 0) is 11.3 Å². The third kappa shape index (κ3) is 2.46. The molecule has 0 spiro atoms. The van der Waals surface area contributed by atoms with Crippen molar-refractivity contribution in [3.05, 3.63) is 47.9 Å². The van der Waals surface area contributed by atoms with Gasteiger partial charge in [0.25, 0.3) is 0 Å². The van der Waals surface area contributed by atoms with Crippen LogP contribution in [0.25, 0.3) is 27.9 Å². The predicted molar refractivity (Wildman–Crippen MR) is 93.1 cm³/mol. The summed E-state index contributed by atoms with van der Waals surface area (Å²) in [7, 11) is 0. The zero-order chi connectivity index (χ0) is 16.5. The van der Waals surface area contributed by atoms with Gasteiger partial charge in [0.2, 0.25) is 0 Å². The summed E-state index contributed by atoms with van der Waals surface area (Å²) in [5.74, 6) is 0. The van der Waals surface area contributed by atoms with Gasteiger partial charge in [-0.15, -0.1) is 0 Å². The molecule has 0 amide bonds. The first-order valence-corrected chi connectivity index (χ1v) is 7.87. The highest BCUT2D eigenvalue weighted by Crippen LogP contribution is 2.33. The predicted octanol–water partition coefficient (Wildman–Crippen LogP) is 2.50. The Morgan fingerprint density at radius 1 is 1.29 bits per heavy atom. The van der Waals surface area contributed by atoms with Gasteiger partial charge in [-0.2, -0.15) is 0 Å². The lowest BCUT2D eigenvalue weighted by Gasteiger charge is -2.11. The smallest absolute Gasteiger partial charge is 0.141 e. The Hall–Kier alpha value is -2.70. The van der Waals surface area contributed by atoms with Crippen molar-refractivity contribution >= 4 is 22.3 Å². The average Bonchev–Trinajstić information content (AvgIpc) is 3.06. The summed E-state index contributed by atoms with van der Waals surface area (Å²) in [5, 5.41) is 10.6. The average molecular weight is 322 g/mol. The molecule has 3 heterocycles. The van der Waals surface area contributed by atoms with Gasteiger partial charge in [0.15, 0.2) is 0 Å². The Morgan fingerprint density at radius 3 is 3.00 bits per heavy atom. The standard InChI is InChI=1S/C18H18N4O2/c19-15-3-1-2-12(14(15)9-23)17-13-8-16(11-4-6-24-7-5-11)22-18(13)21-10-20-17/h1-4,8,10,23H,5-7,9,19H2,(H,20,21,22). The molecule has 4 N–H and O–H groups in total. The zero-order valence-corrected chi connectivity index (χ0v) is 13.1. The van der Waals surface area contributed by atoms with E-state index in [2.05, 4.69) is 27.1 Å². The molecule has 0 fully saturated rings. The molecule has 6 nitrogen and oxygen atoms in total. The van der Waals surface area contributed by atoms with Crippen LogP contribution in [-0.4, -0.2) is 33.3 Å². The minimum Gasteiger partial charge on any atom is -0.398 e. The van der Waals surface area contributed by atoms with Crippen LogP contribution in [0.15, 0.2) is 36.7 Å². The molecule has 0 atom stereocenters. The summed E-state index contributed by atoms with van der Waals surface area (Å²) in [6.45, 7) is 1.23. The quantitative estimate of drug-likeness (QED) is 0.644. The third-order valence-electron chi connectivity index (χ3n) is 4.36. The molecule has 3 aromatic rings. The molecule has 0 aliphatic carbocycles. The highest BCUT2D eigenvalue weighted by Gasteiger charge is 2.16. The Morgan fingerprint density at radius 2 is 2.21 bits per heavy atom. The number of ether oxygens (including phenoxy) is 1. The first kappa shape index (κ1) is 14.9. The number of anilines is 1. The topological polar surface area (TPSA) is 97.1 Å². The van der Waals surface area contributed by atoms with E-state index in [9.17, 15) is 5.11 Å². The highest BCUT2D eigenvalue weighted by molar-refractivity contribution is 5.94. The normalized spacial score (nSPS) is 14.8. The molecule has 0 bridgehead atoms. The van der Waals surface area contributed by atoms with Crippen molar-refractivity contribution in [3.8, 4) is 11.3 Å². The molecule has 0 saturated carbocycles. The monoisotopic (exact) mass is 322 g/mol. The molecule has 4 rings (SSSR count). The fraction of sp³-hybridized carbons (Fsp3) is 0.222. The van der Waals surface area contributed by atoms with Gasteiger partial charge >= 0.3 is 0 Å². The SMILES string of the molecule is Nc1cccc(-c2ncnc3[nH]c(C4=CCOCC4)cc23)c1CO. The summed E-state index contributed by atoms with van der Waals surface area (Å²) >= 11 is 0. The van der Waals surface area contributed by atoms with Crippen molar-refractivity contribution in [1.82, 2.24) is 15.0 Å². The molecular weight excluding hydrogens is 304 g/mol. The van der Waals surface area contributed by atoms with Gasteiger partial charge in [-0.25, -0.2) is 9.97 Å². The number of benzene rings is 1. The Labute approximate surface area is 139 Å². The first-order chi connectivity index (χ1) is 11.8. The number of rotatable bonds is 3. The van der Waals surface area contributed by atoms with Crippen molar-refractivity contribution < 1.29 is 9.84 Å². The number of aromatic nitrogens is 3. The lowest BCUT2D eigenvalue weighted by Crippen LogP contribution is -2.03. The van der Waals surface area contributed by atoms with E-state index < -0.39 is 0 Å². The highest BCUT2D eigenvalue weighted by atomic mass is 16.5. The number of nitrogens with two attached hydrogens (primary N) is 1. The maximum Gasteiger partial charge on any atom is 0.141 e. The second kappa shape index (κ2) is 6.07. The largest absolute Gasteiger partial charge is 0.398 e. The molecule has 6 heteroatoms. The first-order valence-electron chi connectivity index (χ1n) is 7.87. The Balaban J connectivity index is 1.89. The molecule has 0 unspecified atom stereocenters. The van der Waals surface area contributed by atoms with Crippen LogP contribution in [0.2, 0.25) is 0 Å². The summed E-state index contributed by atoms with van der Waals surface area (Å²) in [5.41, 5.74) is 11.9. The summed E-state index contributed by atoms with van der Waals surface area (Å²) in [4.78, 5) is 12.1. The number of nitrogen functional groups attached to an aromatic ring is 1. The van der Waals surface area contributed by atoms with E-state index in [0.717, 1.165) is 41.0 Å². The van der Waals surface area contributed by atoms with Crippen molar-refractivity contribution in [2.24, 2.45) is 0 Å². The van der Waals surface area contributed by atoms with Gasteiger partial charge in [0, 0.05) is 27.9 Å². The number of nitrogens with zero attached hydrogens (tertiary/aromatic N) is 2. The van der Waals surface area contributed by atoms with Crippen molar-refractivity contribution in [1.29, 1.82) is 0 Å². The molecule has 1 aromatic carbocycles. The van der Waals surface area contributed by atoms with Crippen LogP contribution in [0.3, 0.4) is 0 Å². The fourth-order valence-electron chi connectivity index (χ4n) is 3.10. The molecular formula is C18H18N4O2. The van der Waals surface area contributed by atoms with Crippen LogP contribution in [0.5, 0.6) is 0 Å². The number of aromatic amines is 1. The van der Waals surface area contributed by atoms with Gasteiger partial charge in [0.05, 0.1) is 25.5 Å². The minimum atomic E-state index is -0.132. The maximum absolute atomic E-state index is 9.69.